The van der Waals surface area contributed by atoms with Crippen LogP contribution in [0.3, 0.4) is 0 Å². The number of benzene rings is 2. The maximum atomic E-state index is 11.9. The lowest BCUT2D eigenvalue weighted by atomic mass is 10.3. The molecule has 5 heteroatoms. The van der Waals surface area contributed by atoms with E-state index in [4.69, 9.17) is 9.47 Å². The van der Waals surface area contributed by atoms with Crippen molar-refractivity contribution in [3.8, 4) is 11.5 Å². The van der Waals surface area contributed by atoms with Gasteiger partial charge in [-0.25, -0.2) is 4.79 Å². The van der Waals surface area contributed by atoms with Crippen LogP contribution >= 0.6 is 0 Å². The molecule has 0 atom stereocenters. The second-order valence-corrected chi connectivity index (χ2v) is 10.7. The molecule has 0 aliphatic rings. The fraction of sp³-hybridized carbons (Fsp3) is 0.235. The van der Waals surface area contributed by atoms with Crippen LogP contribution in [-0.2, 0) is 0 Å². The topological polar surface area (TPSA) is 35.5 Å². The standard InChI is InChI=1S/C17H20O3Si2/c1-21(2)15-9-5-7-13(11-15)19-17(18)20-14-8-6-10-16(12-14)22(3)4/h5-12H,1-4H3. The molecule has 0 fully saturated rings. The summed E-state index contributed by atoms with van der Waals surface area (Å²) in [5, 5.41) is 2.45. The van der Waals surface area contributed by atoms with Gasteiger partial charge < -0.3 is 9.47 Å². The molecule has 2 rings (SSSR count). The smallest absolute Gasteiger partial charge is 0.395 e. The van der Waals surface area contributed by atoms with Crippen molar-refractivity contribution >= 4 is 34.1 Å². The molecule has 3 nitrogen and oxygen atoms in total. The van der Waals surface area contributed by atoms with Crippen molar-refractivity contribution in [1.29, 1.82) is 0 Å². The van der Waals surface area contributed by atoms with Gasteiger partial charge in [-0.05, 0) is 24.3 Å². The zero-order valence-electron chi connectivity index (χ0n) is 13.3. The highest BCUT2D eigenvalue weighted by Crippen LogP contribution is 2.13. The number of hydrogen-bond donors (Lipinski definition) is 0. The Morgan fingerprint density at radius 2 is 1.18 bits per heavy atom. The van der Waals surface area contributed by atoms with Gasteiger partial charge in [0.05, 0.1) is 17.6 Å². The van der Waals surface area contributed by atoms with Crippen LogP contribution in [0.15, 0.2) is 48.5 Å². The van der Waals surface area contributed by atoms with Crippen molar-refractivity contribution in [2.75, 3.05) is 0 Å². The van der Waals surface area contributed by atoms with Gasteiger partial charge in [0.15, 0.2) is 0 Å². The molecule has 0 aliphatic heterocycles. The first-order valence-electron chi connectivity index (χ1n) is 7.16. The third-order valence-electron chi connectivity index (χ3n) is 3.23. The largest absolute Gasteiger partial charge is 0.519 e. The lowest BCUT2D eigenvalue weighted by Gasteiger charge is -2.09. The monoisotopic (exact) mass is 328 g/mol. The lowest BCUT2D eigenvalue weighted by molar-refractivity contribution is 0.152. The van der Waals surface area contributed by atoms with Crippen molar-refractivity contribution in [3.63, 3.8) is 0 Å². The van der Waals surface area contributed by atoms with Crippen LogP contribution < -0.4 is 19.8 Å². The van der Waals surface area contributed by atoms with Gasteiger partial charge >= 0.3 is 6.16 Å². The molecular formula is C17H20O3Si2. The van der Waals surface area contributed by atoms with E-state index in [-0.39, 0.29) is 0 Å². The summed E-state index contributed by atoms with van der Waals surface area (Å²) >= 11 is 0. The lowest BCUT2D eigenvalue weighted by Crippen LogP contribution is -2.24. The molecule has 0 aliphatic carbocycles. The highest BCUT2D eigenvalue weighted by Gasteiger charge is 2.11. The van der Waals surface area contributed by atoms with Gasteiger partial charge in [-0.3, -0.25) is 0 Å². The Hall–Kier alpha value is -1.86. The van der Waals surface area contributed by atoms with Crippen LogP contribution in [0.4, 0.5) is 4.79 Å². The maximum Gasteiger partial charge on any atom is 0.519 e. The summed E-state index contributed by atoms with van der Waals surface area (Å²) in [7, 11) is -1.14. The predicted octanol–water partition coefficient (Wildman–Crippen LogP) is 3.19. The van der Waals surface area contributed by atoms with E-state index in [9.17, 15) is 4.79 Å². The maximum absolute atomic E-state index is 11.9. The highest BCUT2D eigenvalue weighted by molar-refractivity contribution is 6.71. The molecule has 2 aromatic carbocycles. The van der Waals surface area contributed by atoms with Crippen LogP contribution in [0.2, 0.25) is 26.2 Å². The van der Waals surface area contributed by atoms with Crippen molar-refractivity contribution in [2.24, 2.45) is 0 Å². The van der Waals surface area contributed by atoms with Gasteiger partial charge in [0.2, 0.25) is 0 Å². The van der Waals surface area contributed by atoms with Crippen molar-refractivity contribution in [3.05, 3.63) is 48.5 Å². The Balaban J connectivity index is 2.04. The summed E-state index contributed by atoms with van der Waals surface area (Å²) in [6.45, 7) is 8.79. The summed E-state index contributed by atoms with van der Waals surface area (Å²) in [5.41, 5.74) is 0. The Labute approximate surface area is 135 Å². The number of ether oxygens (including phenoxy) is 2. The van der Waals surface area contributed by atoms with Crippen LogP contribution in [0.1, 0.15) is 0 Å². The van der Waals surface area contributed by atoms with Gasteiger partial charge in [0.1, 0.15) is 11.5 Å². The first kappa shape index (κ1) is 16.5. The van der Waals surface area contributed by atoms with E-state index in [1.165, 1.54) is 10.4 Å². The molecular weight excluding hydrogens is 308 g/mol. The molecule has 2 radical (unpaired) electrons. The van der Waals surface area contributed by atoms with E-state index in [0.29, 0.717) is 11.5 Å². The molecule has 0 saturated heterocycles. The van der Waals surface area contributed by atoms with E-state index in [0.717, 1.165) is 0 Å². The Morgan fingerprint density at radius 3 is 1.55 bits per heavy atom. The van der Waals surface area contributed by atoms with Gasteiger partial charge in [0.25, 0.3) is 0 Å². The van der Waals surface area contributed by atoms with Gasteiger partial charge in [-0.2, -0.15) is 0 Å². The fourth-order valence-corrected chi connectivity index (χ4v) is 3.68. The van der Waals surface area contributed by atoms with Crippen LogP contribution in [-0.4, -0.2) is 23.7 Å². The highest BCUT2D eigenvalue weighted by atomic mass is 28.3. The van der Waals surface area contributed by atoms with E-state index >= 15 is 0 Å². The number of carbonyl (C=O) groups is 1. The summed E-state index contributed by atoms with van der Waals surface area (Å²) in [4.78, 5) is 11.9. The van der Waals surface area contributed by atoms with Gasteiger partial charge in [-0.1, -0.05) is 60.8 Å². The third-order valence-corrected chi connectivity index (χ3v) is 6.16. The SMILES string of the molecule is C[Si](C)c1cccc(OC(=O)Oc2cccc([Si](C)C)c2)c1. The van der Waals surface area contributed by atoms with E-state index in [1.54, 1.807) is 12.1 Å². The minimum atomic E-state index is -0.698. The minimum Gasteiger partial charge on any atom is -0.395 e. The first-order valence-corrected chi connectivity index (χ1v) is 12.2. The average molecular weight is 329 g/mol. The molecule has 114 valence electrons. The van der Waals surface area contributed by atoms with E-state index in [2.05, 4.69) is 38.3 Å². The second kappa shape index (κ2) is 7.42. The summed E-state index contributed by atoms with van der Waals surface area (Å²) in [5.74, 6) is 1.06. The zero-order valence-corrected chi connectivity index (χ0v) is 15.3. The average Bonchev–Trinajstić information content (AvgIpc) is 2.47. The van der Waals surface area contributed by atoms with Crippen molar-refractivity contribution in [2.45, 2.75) is 26.2 Å². The summed E-state index contributed by atoms with van der Waals surface area (Å²) in [6.07, 6.45) is -0.698. The summed E-state index contributed by atoms with van der Waals surface area (Å²) < 4.78 is 10.5. The molecule has 0 heterocycles. The van der Waals surface area contributed by atoms with Crippen LogP contribution in [0, 0.1) is 0 Å². The molecule has 0 unspecified atom stereocenters. The Kier molecular flexibility index (Phi) is 5.57. The Morgan fingerprint density at radius 1 is 0.773 bits per heavy atom. The molecule has 2 aromatic rings. The third kappa shape index (κ3) is 4.57. The quantitative estimate of drug-likeness (QED) is 0.491. The molecule has 0 bridgehead atoms. The Bertz CT molecular complexity index is 598. The first-order chi connectivity index (χ1) is 10.5. The van der Waals surface area contributed by atoms with E-state index in [1.807, 2.05) is 24.3 Å². The zero-order chi connectivity index (χ0) is 16.1. The van der Waals surface area contributed by atoms with Crippen molar-refractivity contribution < 1.29 is 14.3 Å². The fourth-order valence-electron chi connectivity index (χ4n) is 1.95. The van der Waals surface area contributed by atoms with Crippen LogP contribution in [0.25, 0.3) is 0 Å². The molecule has 0 saturated carbocycles. The predicted molar refractivity (Wildman–Crippen MR) is 93.8 cm³/mol. The molecule has 0 amide bonds. The van der Waals surface area contributed by atoms with E-state index < -0.39 is 23.7 Å². The molecule has 0 spiro atoms. The molecule has 22 heavy (non-hydrogen) atoms. The molecule has 0 N–H and O–H groups in total. The normalized spacial score (nSPS) is 10.8. The molecule has 0 aromatic heterocycles. The summed E-state index contributed by atoms with van der Waals surface area (Å²) in [6, 6.07) is 15.3. The van der Waals surface area contributed by atoms with Crippen molar-refractivity contribution in [1.82, 2.24) is 0 Å². The minimum absolute atomic E-state index is 0.528. The number of rotatable bonds is 4. The second-order valence-electron chi connectivity index (χ2n) is 5.51. The number of carbonyl (C=O) groups excluding carboxylic acids is 1. The van der Waals surface area contributed by atoms with Gasteiger partial charge in [0, 0.05) is 0 Å². The van der Waals surface area contributed by atoms with Gasteiger partial charge in [-0.15, -0.1) is 0 Å². The number of hydrogen-bond acceptors (Lipinski definition) is 3. The van der Waals surface area contributed by atoms with Crippen LogP contribution in [0.5, 0.6) is 11.5 Å².